The molecule has 2 fully saturated rings. The highest BCUT2D eigenvalue weighted by molar-refractivity contribution is 5.85. The standard InChI is InChI=1S/C17H32N4O2.ClH/c1-13(12-18-2)16(22)21-10-8-15(9-11-21)20-17(23)19-14-6-4-3-5-7-14;/h13-15,18H,3-12H2,1-2H3,(H2,19,20,23);1H. The monoisotopic (exact) mass is 360 g/mol. The second kappa shape index (κ2) is 10.8. The van der Waals surface area contributed by atoms with Crippen LogP contribution < -0.4 is 16.0 Å². The summed E-state index contributed by atoms with van der Waals surface area (Å²) in [4.78, 5) is 26.3. The Morgan fingerprint density at radius 1 is 1.00 bits per heavy atom. The van der Waals surface area contributed by atoms with Crippen molar-refractivity contribution in [2.75, 3.05) is 26.7 Å². The van der Waals surface area contributed by atoms with E-state index < -0.39 is 0 Å². The van der Waals surface area contributed by atoms with Crippen LogP contribution in [0.5, 0.6) is 0 Å². The van der Waals surface area contributed by atoms with Gasteiger partial charge in [-0.05, 0) is 32.7 Å². The van der Waals surface area contributed by atoms with Gasteiger partial charge in [-0.3, -0.25) is 4.79 Å². The van der Waals surface area contributed by atoms with Crippen LogP contribution in [0.3, 0.4) is 0 Å². The van der Waals surface area contributed by atoms with Crippen molar-refractivity contribution in [3.63, 3.8) is 0 Å². The van der Waals surface area contributed by atoms with Gasteiger partial charge < -0.3 is 20.9 Å². The lowest BCUT2D eigenvalue weighted by Gasteiger charge is -2.34. The smallest absolute Gasteiger partial charge is 0.315 e. The fourth-order valence-corrected chi connectivity index (χ4v) is 3.61. The molecule has 0 bridgehead atoms. The van der Waals surface area contributed by atoms with Crippen molar-refractivity contribution in [3.8, 4) is 0 Å². The lowest BCUT2D eigenvalue weighted by Crippen LogP contribution is -2.52. The van der Waals surface area contributed by atoms with E-state index in [2.05, 4.69) is 16.0 Å². The van der Waals surface area contributed by atoms with Crippen LogP contribution in [-0.4, -0.2) is 55.6 Å². The average Bonchev–Trinajstić information content (AvgIpc) is 2.56. The Balaban J connectivity index is 0.00000288. The minimum Gasteiger partial charge on any atom is -0.342 e. The van der Waals surface area contributed by atoms with Gasteiger partial charge in [-0.25, -0.2) is 4.79 Å². The predicted molar refractivity (Wildman–Crippen MR) is 98.5 cm³/mol. The van der Waals surface area contributed by atoms with Crippen LogP contribution in [0.1, 0.15) is 51.9 Å². The highest BCUT2D eigenvalue weighted by Gasteiger charge is 2.26. The third kappa shape index (κ3) is 6.48. The Kier molecular flexibility index (Phi) is 9.44. The summed E-state index contributed by atoms with van der Waals surface area (Å²) in [7, 11) is 1.87. The van der Waals surface area contributed by atoms with E-state index in [1.165, 1.54) is 19.3 Å². The molecule has 1 heterocycles. The molecule has 6 nitrogen and oxygen atoms in total. The van der Waals surface area contributed by atoms with Gasteiger partial charge in [0.2, 0.25) is 5.91 Å². The minimum absolute atomic E-state index is 0. The Bertz CT molecular complexity index is 394. The number of carbonyl (C=O) groups is 2. The summed E-state index contributed by atoms with van der Waals surface area (Å²) >= 11 is 0. The zero-order chi connectivity index (χ0) is 16.7. The number of rotatable bonds is 5. The number of piperidine rings is 1. The largest absolute Gasteiger partial charge is 0.342 e. The third-order valence-electron chi connectivity index (χ3n) is 5.01. The molecule has 1 saturated heterocycles. The lowest BCUT2D eigenvalue weighted by atomic mass is 9.96. The molecule has 7 heteroatoms. The van der Waals surface area contributed by atoms with Crippen LogP contribution in [0.4, 0.5) is 4.79 Å². The summed E-state index contributed by atoms with van der Waals surface area (Å²) in [5.74, 6) is 0.226. The number of hydrogen-bond donors (Lipinski definition) is 3. The van der Waals surface area contributed by atoms with Gasteiger partial charge in [-0.15, -0.1) is 12.4 Å². The summed E-state index contributed by atoms with van der Waals surface area (Å²) in [6, 6.07) is 0.486. The van der Waals surface area contributed by atoms with Gasteiger partial charge in [0.25, 0.3) is 0 Å². The Hall–Kier alpha value is -1.01. The zero-order valence-electron chi connectivity index (χ0n) is 15.0. The number of likely N-dealkylation sites (tertiary alicyclic amines) is 1. The molecule has 1 aliphatic heterocycles. The molecule has 0 aromatic carbocycles. The zero-order valence-corrected chi connectivity index (χ0v) is 15.8. The summed E-state index contributed by atoms with van der Waals surface area (Å²) in [5.41, 5.74) is 0. The quantitative estimate of drug-likeness (QED) is 0.701. The molecule has 1 saturated carbocycles. The second-order valence-electron chi connectivity index (χ2n) is 7.01. The van der Waals surface area contributed by atoms with Crippen LogP contribution >= 0.6 is 12.4 Å². The Morgan fingerprint density at radius 3 is 2.08 bits per heavy atom. The first-order valence-corrected chi connectivity index (χ1v) is 9.10. The van der Waals surface area contributed by atoms with E-state index >= 15 is 0 Å². The molecule has 0 radical (unpaired) electrons. The topological polar surface area (TPSA) is 73.5 Å². The van der Waals surface area contributed by atoms with Crippen molar-refractivity contribution in [2.24, 2.45) is 5.92 Å². The van der Waals surface area contributed by atoms with Gasteiger partial charge in [0.05, 0.1) is 0 Å². The number of urea groups is 1. The first-order valence-electron chi connectivity index (χ1n) is 9.10. The van der Waals surface area contributed by atoms with E-state index in [0.29, 0.717) is 12.6 Å². The summed E-state index contributed by atoms with van der Waals surface area (Å²) in [5, 5.41) is 9.22. The highest BCUT2D eigenvalue weighted by atomic mass is 35.5. The van der Waals surface area contributed by atoms with E-state index in [9.17, 15) is 9.59 Å². The van der Waals surface area contributed by atoms with Crippen molar-refractivity contribution in [1.29, 1.82) is 0 Å². The number of nitrogens with zero attached hydrogens (tertiary/aromatic N) is 1. The molecule has 0 aromatic heterocycles. The number of carbonyl (C=O) groups excluding carboxylic acids is 2. The summed E-state index contributed by atoms with van der Waals surface area (Å²) < 4.78 is 0. The van der Waals surface area contributed by atoms with Crippen LogP contribution in [-0.2, 0) is 4.79 Å². The molecule has 3 N–H and O–H groups in total. The lowest BCUT2D eigenvalue weighted by molar-refractivity contribution is -0.135. The van der Waals surface area contributed by atoms with Crippen molar-refractivity contribution >= 4 is 24.3 Å². The molecule has 0 aromatic rings. The number of nitrogens with one attached hydrogen (secondary N) is 3. The van der Waals surface area contributed by atoms with Gasteiger partial charge >= 0.3 is 6.03 Å². The van der Waals surface area contributed by atoms with E-state index in [-0.39, 0.29) is 36.3 Å². The maximum Gasteiger partial charge on any atom is 0.315 e. The second-order valence-corrected chi connectivity index (χ2v) is 7.01. The maximum atomic E-state index is 12.3. The molecule has 0 spiro atoms. The molecular formula is C17H33ClN4O2. The number of amides is 3. The SMILES string of the molecule is CNCC(C)C(=O)N1CCC(NC(=O)NC2CCCCC2)CC1.Cl. The first kappa shape index (κ1) is 21.0. The molecule has 1 atom stereocenters. The molecular weight excluding hydrogens is 328 g/mol. The fraction of sp³-hybridized carbons (Fsp3) is 0.882. The van der Waals surface area contributed by atoms with E-state index in [4.69, 9.17) is 0 Å². The number of hydrogen-bond acceptors (Lipinski definition) is 3. The normalized spacial score (nSPS) is 20.8. The van der Waals surface area contributed by atoms with Crippen LogP contribution in [0.25, 0.3) is 0 Å². The molecule has 2 rings (SSSR count). The predicted octanol–water partition coefficient (Wildman–Crippen LogP) is 1.89. The minimum atomic E-state index is -0.0368. The Morgan fingerprint density at radius 2 is 1.54 bits per heavy atom. The first-order chi connectivity index (χ1) is 11.1. The maximum absolute atomic E-state index is 12.3. The van der Waals surface area contributed by atoms with E-state index in [0.717, 1.165) is 38.8 Å². The highest BCUT2D eigenvalue weighted by Crippen LogP contribution is 2.17. The van der Waals surface area contributed by atoms with Crippen molar-refractivity contribution in [3.05, 3.63) is 0 Å². The van der Waals surface area contributed by atoms with Gasteiger partial charge in [-0.2, -0.15) is 0 Å². The van der Waals surface area contributed by atoms with Crippen molar-refractivity contribution in [1.82, 2.24) is 20.9 Å². The van der Waals surface area contributed by atoms with Crippen LogP contribution in [0, 0.1) is 5.92 Å². The van der Waals surface area contributed by atoms with Gasteiger partial charge in [0.1, 0.15) is 0 Å². The molecule has 24 heavy (non-hydrogen) atoms. The summed E-state index contributed by atoms with van der Waals surface area (Å²) in [6.07, 6.45) is 7.62. The molecule has 1 aliphatic carbocycles. The third-order valence-corrected chi connectivity index (χ3v) is 5.01. The summed E-state index contributed by atoms with van der Waals surface area (Å²) in [6.45, 7) is 4.14. The van der Waals surface area contributed by atoms with Crippen LogP contribution in [0.15, 0.2) is 0 Å². The molecule has 1 unspecified atom stereocenters. The van der Waals surface area contributed by atoms with Gasteiger partial charge in [0.15, 0.2) is 0 Å². The van der Waals surface area contributed by atoms with Crippen molar-refractivity contribution < 1.29 is 9.59 Å². The van der Waals surface area contributed by atoms with Gasteiger partial charge in [-0.1, -0.05) is 26.2 Å². The van der Waals surface area contributed by atoms with E-state index in [1.807, 2.05) is 18.9 Å². The number of halogens is 1. The molecule has 3 amide bonds. The van der Waals surface area contributed by atoms with Gasteiger partial charge in [0, 0.05) is 37.6 Å². The Labute approximate surface area is 151 Å². The average molecular weight is 361 g/mol. The van der Waals surface area contributed by atoms with E-state index in [1.54, 1.807) is 0 Å². The molecule has 2 aliphatic rings. The van der Waals surface area contributed by atoms with Crippen molar-refractivity contribution in [2.45, 2.75) is 64.0 Å². The van der Waals surface area contributed by atoms with Crippen LogP contribution in [0.2, 0.25) is 0 Å². The molecule has 140 valence electrons. The fourth-order valence-electron chi connectivity index (χ4n) is 3.61.